The van der Waals surface area contributed by atoms with Gasteiger partial charge in [-0.25, -0.2) is 9.98 Å². The third-order valence-corrected chi connectivity index (χ3v) is 5.90. The second-order valence-electron chi connectivity index (χ2n) is 6.59. The number of nitrogens with zero attached hydrogens (tertiary/aromatic N) is 3. The van der Waals surface area contributed by atoms with Crippen molar-refractivity contribution in [2.75, 3.05) is 38.7 Å². The lowest BCUT2D eigenvalue weighted by Gasteiger charge is -2.35. The maximum Gasteiger partial charge on any atom is 0.158 e. The lowest BCUT2D eigenvalue weighted by atomic mass is 10.1. The number of piperazine rings is 1. The maximum atomic E-state index is 5.26. The molecule has 2 aromatic rings. The predicted molar refractivity (Wildman–Crippen MR) is 107 cm³/mol. The van der Waals surface area contributed by atoms with E-state index >= 15 is 0 Å². The van der Waals surface area contributed by atoms with Gasteiger partial charge in [0.1, 0.15) is 10.7 Å². The molecule has 1 fully saturated rings. The number of thiazole rings is 1. The van der Waals surface area contributed by atoms with Crippen LogP contribution in [0.15, 0.2) is 29.3 Å². The Bertz CT molecular complexity index is 803. The van der Waals surface area contributed by atoms with Crippen molar-refractivity contribution >= 4 is 33.5 Å². The van der Waals surface area contributed by atoms with E-state index in [0.29, 0.717) is 6.04 Å². The molecular formula is C19H25N5OS. The lowest BCUT2D eigenvalue weighted by molar-refractivity contribution is 0.168. The summed E-state index contributed by atoms with van der Waals surface area (Å²) in [7, 11) is 1.76. The minimum atomic E-state index is 0.408. The molecule has 0 radical (unpaired) electrons. The van der Waals surface area contributed by atoms with Gasteiger partial charge in [0.2, 0.25) is 0 Å². The molecule has 0 amide bonds. The Morgan fingerprint density at radius 2 is 2.23 bits per heavy atom. The summed E-state index contributed by atoms with van der Waals surface area (Å²) < 4.78 is 5.26. The van der Waals surface area contributed by atoms with E-state index in [1.165, 1.54) is 0 Å². The minimum Gasteiger partial charge on any atom is -0.385 e. The van der Waals surface area contributed by atoms with Crippen molar-refractivity contribution in [1.82, 2.24) is 15.2 Å². The number of rotatable bonds is 4. The highest BCUT2D eigenvalue weighted by atomic mass is 32.1. The SMILES string of the molecule is CCc1nc2c(s1)Nc1ccccc1N=C2N1CCN[C@@H](CCOC)C1. The maximum absolute atomic E-state index is 5.26. The summed E-state index contributed by atoms with van der Waals surface area (Å²) in [5.74, 6) is 0.984. The largest absolute Gasteiger partial charge is 0.385 e. The van der Waals surface area contributed by atoms with Gasteiger partial charge in [-0.3, -0.25) is 0 Å². The van der Waals surface area contributed by atoms with Gasteiger partial charge >= 0.3 is 0 Å². The van der Waals surface area contributed by atoms with Gasteiger partial charge in [-0.05, 0) is 25.0 Å². The van der Waals surface area contributed by atoms with E-state index in [0.717, 1.165) is 72.0 Å². The highest BCUT2D eigenvalue weighted by molar-refractivity contribution is 7.16. The first kappa shape index (κ1) is 17.5. The van der Waals surface area contributed by atoms with Crippen LogP contribution in [0.2, 0.25) is 0 Å². The zero-order chi connectivity index (χ0) is 17.9. The van der Waals surface area contributed by atoms with E-state index in [2.05, 4.69) is 34.6 Å². The Morgan fingerprint density at radius 3 is 3.08 bits per heavy atom. The monoisotopic (exact) mass is 371 g/mol. The van der Waals surface area contributed by atoms with Crippen molar-refractivity contribution in [1.29, 1.82) is 0 Å². The zero-order valence-electron chi connectivity index (χ0n) is 15.3. The Labute approximate surface area is 158 Å². The number of nitrogens with one attached hydrogen (secondary N) is 2. The number of benzene rings is 1. The third kappa shape index (κ3) is 3.47. The van der Waals surface area contributed by atoms with Crippen LogP contribution in [-0.4, -0.2) is 55.1 Å². The number of fused-ring (bicyclic) bond motifs is 2. The smallest absolute Gasteiger partial charge is 0.158 e. The summed E-state index contributed by atoms with van der Waals surface area (Å²) in [6.07, 6.45) is 1.94. The first-order chi connectivity index (χ1) is 12.8. The molecule has 0 bridgehead atoms. The fourth-order valence-corrected chi connectivity index (χ4v) is 4.32. The first-order valence-electron chi connectivity index (χ1n) is 9.20. The number of hydrogen-bond donors (Lipinski definition) is 2. The second kappa shape index (κ2) is 7.73. The van der Waals surface area contributed by atoms with Crippen molar-refractivity contribution in [3.8, 4) is 0 Å². The van der Waals surface area contributed by atoms with Crippen LogP contribution in [0.25, 0.3) is 0 Å². The predicted octanol–water partition coefficient (Wildman–Crippen LogP) is 3.15. The minimum absolute atomic E-state index is 0.408. The van der Waals surface area contributed by atoms with Crippen molar-refractivity contribution in [2.45, 2.75) is 25.8 Å². The number of aromatic nitrogens is 1. The highest BCUT2D eigenvalue weighted by Gasteiger charge is 2.28. The van der Waals surface area contributed by atoms with Gasteiger partial charge in [0.05, 0.1) is 16.4 Å². The summed E-state index contributed by atoms with van der Waals surface area (Å²) in [5, 5.41) is 9.37. The van der Waals surface area contributed by atoms with Gasteiger partial charge in [0, 0.05) is 39.4 Å². The van der Waals surface area contributed by atoms with Crippen LogP contribution in [0, 0.1) is 0 Å². The Kier molecular flexibility index (Phi) is 5.19. The van der Waals surface area contributed by atoms with Crippen molar-refractivity contribution in [3.05, 3.63) is 35.0 Å². The summed E-state index contributed by atoms with van der Waals surface area (Å²) in [6, 6.07) is 8.62. The summed E-state index contributed by atoms with van der Waals surface area (Å²) in [5.41, 5.74) is 2.99. The number of methoxy groups -OCH3 is 1. The lowest BCUT2D eigenvalue weighted by Crippen LogP contribution is -2.53. The van der Waals surface area contributed by atoms with Crippen LogP contribution in [0.4, 0.5) is 16.4 Å². The van der Waals surface area contributed by atoms with Crippen LogP contribution in [0.1, 0.15) is 24.0 Å². The quantitative estimate of drug-likeness (QED) is 0.864. The molecule has 1 aromatic carbocycles. The van der Waals surface area contributed by atoms with Gasteiger partial charge < -0.3 is 20.3 Å². The Balaban J connectivity index is 1.70. The summed E-state index contributed by atoms with van der Waals surface area (Å²) in [4.78, 5) is 12.3. The Morgan fingerprint density at radius 1 is 1.35 bits per heavy atom. The molecule has 1 saturated heterocycles. The van der Waals surface area contributed by atoms with Crippen LogP contribution < -0.4 is 10.6 Å². The van der Waals surface area contributed by atoms with Crippen LogP contribution in [0.5, 0.6) is 0 Å². The van der Waals surface area contributed by atoms with Gasteiger partial charge in [-0.2, -0.15) is 0 Å². The molecule has 2 N–H and O–H groups in total. The molecule has 1 aromatic heterocycles. The highest BCUT2D eigenvalue weighted by Crippen LogP contribution is 2.37. The zero-order valence-corrected chi connectivity index (χ0v) is 16.1. The summed E-state index contributed by atoms with van der Waals surface area (Å²) >= 11 is 1.73. The average Bonchev–Trinajstić information content (AvgIpc) is 3.01. The molecule has 2 aliphatic heterocycles. The van der Waals surface area contributed by atoms with E-state index < -0.39 is 0 Å². The van der Waals surface area contributed by atoms with E-state index in [-0.39, 0.29) is 0 Å². The molecular weight excluding hydrogens is 346 g/mol. The van der Waals surface area contributed by atoms with Crippen molar-refractivity contribution in [3.63, 3.8) is 0 Å². The fourth-order valence-electron chi connectivity index (χ4n) is 3.41. The van der Waals surface area contributed by atoms with Crippen LogP contribution >= 0.6 is 11.3 Å². The number of aliphatic imine (C=N–C) groups is 1. The molecule has 2 aliphatic rings. The molecule has 6 nitrogen and oxygen atoms in total. The number of anilines is 2. The molecule has 7 heteroatoms. The van der Waals surface area contributed by atoms with Crippen molar-refractivity contribution < 1.29 is 4.74 Å². The van der Waals surface area contributed by atoms with Crippen molar-refractivity contribution in [2.24, 2.45) is 4.99 Å². The number of amidine groups is 1. The molecule has 1 atom stereocenters. The second-order valence-corrected chi connectivity index (χ2v) is 7.68. The number of hydrogen-bond acceptors (Lipinski definition) is 7. The van der Waals surface area contributed by atoms with E-state index in [9.17, 15) is 0 Å². The molecule has 0 aliphatic carbocycles. The van der Waals surface area contributed by atoms with E-state index in [4.69, 9.17) is 14.7 Å². The normalized spacial score (nSPS) is 19.2. The van der Waals surface area contributed by atoms with Crippen LogP contribution in [0.3, 0.4) is 0 Å². The molecule has 138 valence electrons. The van der Waals surface area contributed by atoms with Gasteiger partial charge in [-0.1, -0.05) is 19.1 Å². The number of para-hydroxylation sites is 2. The Hall–Kier alpha value is -1.96. The van der Waals surface area contributed by atoms with Gasteiger partial charge in [0.25, 0.3) is 0 Å². The number of ether oxygens (including phenoxy) is 1. The molecule has 26 heavy (non-hydrogen) atoms. The summed E-state index contributed by atoms with van der Waals surface area (Å²) in [6.45, 7) is 5.72. The average molecular weight is 372 g/mol. The van der Waals surface area contributed by atoms with Gasteiger partial charge in [-0.15, -0.1) is 11.3 Å². The third-order valence-electron chi connectivity index (χ3n) is 4.79. The first-order valence-corrected chi connectivity index (χ1v) is 10.0. The van der Waals surface area contributed by atoms with E-state index in [1.807, 2.05) is 12.1 Å². The molecule has 4 rings (SSSR count). The number of aryl methyl sites for hydroxylation is 1. The topological polar surface area (TPSA) is 61.8 Å². The van der Waals surface area contributed by atoms with Crippen LogP contribution in [-0.2, 0) is 11.2 Å². The van der Waals surface area contributed by atoms with E-state index in [1.54, 1.807) is 18.4 Å². The van der Waals surface area contributed by atoms with Gasteiger partial charge in [0.15, 0.2) is 5.84 Å². The standard InChI is InChI=1S/C19H25N5OS/c1-3-16-23-17-18(24-10-9-20-13(12-24)8-11-25-2)21-14-6-4-5-7-15(14)22-19(17)26-16/h4-7,13,20,22H,3,8-12H2,1-2H3/t13-/m0/s1. The molecule has 0 spiro atoms. The molecule has 3 heterocycles. The molecule has 0 unspecified atom stereocenters. The fraction of sp³-hybridized carbons (Fsp3) is 0.474. The molecule has 0 saturated carbocycles.